The molecular weight excluding hydrogens is 250 g/mol. The second-order valence-electron chi connectivity index (χ2n) is 5.80. The molecule has 0 spiro atoms. The van der Waals surface area contributed by atoms with Gasteiger partial charge in [0.1, 0.15) is 12.2 Å². The fourth-order valence-electron chi connectivity index (χ4n) is 3.35. The van der Waals surface area contributed by atoms with Gasteiger partial charge in [0.15, 0.2) is 0 Å². The Kier molecular flexibility index (Phi) is 2.37. The van der Waals surface area contributed by atoms with Crippen LogP contribution in [-0.4, -0.2) is 28.5 Å². The average Bonchev–Trinajstić information content (AvgIpc) is 2.93. The molecule has 0 radical (unpaired) electrons. The average molecular weight is 265 g/mol. The largest absolute Gasteiger partial charge is 0.337 e. The molecule has 0 bridgehead atoms. The Balaban J connectivity index is 1.76. The summed E-state index contributed by atoms with van der Waals surface area (Å²) in [5, 5.41) is 10.0. The molecule has 1 amide bonds. The molecule has 1 saturated carbocycles. The van der Waals surface area contributed by atoms with Crippen LogP contribution in [0.3, 0.4) is 0 Å². The van der Waals surface area contributed by atoms with Gasteiger partial charge in [-0.25, -0.2) is 0 Å². The van der Waals surface area contributed by atoms with E-state index in [1.807, 2.05) is 39.8 Å². The number of rotatable bonds is 2. The minimum atomic E-state index is 0.0728. The monoisotopic (exact) mass is 265 g/mol. The van der Waals surface area contributed by atoms with Crippen molar-refractivity contribution in [3.63, 3.8) is 0 Å². The van der Waals surface area contributed by atoms with E-state index >= 15 is 0 Å². The van der Waals surface area contributed by atoms with Crippen LogP contribution >= 0.6 is 0 Å². The van der Waals surface area contributed by atoms with Crippen LogP contribution < -0.4 is 0 Å². The SMILES string of the molecule is N#CCn1c(C(=O)N2CC3CC3C2)cc2ccccc21. The molecule has 0 N–H and O–H groups in total. The number of carbonyl (C=O) groups is 1. The number of nitrogens with zero attached hydrogens (tertiary/aromatic N) is 3. The predicted molar refractivity (Wildman–Crippen MR) is 75.1 cm³/mol. The van der Waals surface area contributed by atoms with Crippen LogP contribution in [0.5, 0.6) is 0 Å². The van der Waals surface area contributed by atoms with E-state index in [1.165, 1.54) is 6.42 Å². The van der Waals surface area contributed by atoms with Crippen molar-refractivity contribution >= 4 is 16.8 Å². The van der Waals surface area contributed by atoms with Gasteiger partial charge >= 0.3 is 0 Å². The summed E-state index contributed by atoms with van der Waals surface area (Å²) in [5.74, 6) is 1.53. The lowest BCUT2D eigenvalue weighted by Gasteiger charge is -2.18. The van der Waals surface area contributed by atoms with Crippen molar-refractivity contribution in [1.29, 1.82) is 5.26 Å². The van der Waals surface area contributed by atoms with Crippen molar-refractivity contribution < 1.29 is 4.79 Å². The second kappa shape index (κ2) is 4.11. The third-order valence-electron chi connectivity index (χ3n) is 4.52. The number of hydrogen-bond donors (Lipinski definition) is 0. The number of para-hydroxylation sites is 1. The number of fused-ring (bicyclic) bond motifs is 2. The van der Waals surface area contributed by atoms with Crippen LogP contribution in [0.4, 0.5) is 0 Å². The van der Waals surface area contributed by atoms with Gasteiger partial charge in [-0.2, -0.15) is 5.26 Å². The molecule has 1 aliphatic carbocycles. The molecule has 2 fully saturated rings. The Morgan fingerprint density at radius 3 is 2.80 bits per heavy atom. The molecule has 2 unspecified atom stereocenters. The summed E-state index contributed by atoms with van der Waals surface area (Å²) in [6, 6.07) is 11.9. The molecule has 2 heterocycles. The van der Waals surface area contributed by atoms with Gasteiger partial charge in [-0.1, -0.05) is 18.2 Å². The van der Waals surface area contributed by atoms with Crippen molar-refractivity contribution in [2.24, 2.45) is 11.8 Å². The highest BCUT2D eigenvalue weighted by Crippen LogP contribution is 2.45. The zero-order chi connectivity index (χ0) is 13.7. The molecule has 1 aromatic heterocycles. The normalized spacial score (nSPS) is 23.6. The lowest BCUT2D eigenvalue weighted by molar-refractivity contribution is 0.0766. The fraction of sp³-hybridized carbons (Fsp3) is 0.375. The van der Waals surface area contributed by atoms with Gasteiger partial charge in [0, 0.05) is 24.0 Å². The molecule has 4 heteroatoms. The van der Waals surface area contributed by atoms with E-state index in [0.717, 1.165) is 35.8 Å². The van der Waals surface area contributed by atoms with Crippen LogP contribution in [0.2, 0.25) is 0 Å². The minimum Gasteiger partial charge on any atom is -0.337 e. The van der Waals surface area contributed by atoms with Crippen LogP contribution in [-0.2, 0) is 6.54 Å². The molecule has 4 nitrogen and oxygen atoms in total. The molecular formula is C16H15N3O. The number of amides is 1. The fourth-order valence-corrected chi connectivity index (χ4v) is 3.35. The highest BCUT2D eigenvalue weighted by Gasteiger charge is 2.47. The number of likely N-dealkylation sites (tertiary alicyclic amines) is 1. The van der Waals surface area contributed by atoms with Crippen molar-refractivity contribution in [2.45, 2.75) is 13.0 Å². The zero-order valence-corrected chi connectivity index (χ0v) is 11.1. The smallest absolute Gasteiger partial charge is 0.270 e. The summed E-state index contributed by atoms with van der Waals surface area (Å²) in [5.41, 5.74) is 1.61. The molecule has 2 atom stereocenters. The third-order valence-corrected chi connectivity index (χ3v) is 4.52. The maximum Gasteiger partial charge on any atom is 0.270 e. The van der Waals surface area contributed by atoms with Gasteiger partial charge < -0.3 is 9.47 Å². The first-order valence-corrected chi connectivity index (χ1v) is 7.02. The van der Waals surface area contributed by atoms with Gasteiger partial charge in [-0.3, -0.25) is 4.79 Å². The second-order valence-corrected chi connectivity index (χ2v) is 5.80. The molecule has 100 valence electrons. The lowest BCUT2D eigenvalue weighted by atomic mass is 10.2. The maximum absolute atomic E-state index is 12.7. The minimum absolute atomic E-state index is 0.0728. The van der Waals surface area contributed by atoms with Crippen LogP contribution in [0, 0.1) is 23.2 Å². The van der Waals surface area contributed by atoms with E-state index < -0.39 is 0 Å². The van der Waals surface area contributed by atoms with Gasteiger partial charge in [-0.05, 0) is 30.4 Å². The van der Waals surface area contributed by atoms with E-state index in [9.17, 15) is 4.79 Å². The van der Waals surface area contributed by atoms with E-state index in [2.05, 4.69) is 6.07 Å². The van der Waals surface area contributed by atoms with E-state index in [4.69, 9.17) is 5.26 Å². The van der Waals surface area contributed by atoms with Gasteiger partial charge in [0.2, 0.25) is 0 Å². The standard InChI is InChI=1S/C16H15N3O/c17-5-6-19-14-4-2-1-3-11(14)8-15(19)16(20)18-9-12-7-13(12)10-18/h1-4,8,12-13H,6-7,9-10H2. The summed E-state index contributed by atoms with van der Waals surface area (Å²) in [6.07, 6.45) is 1.28. The summed E-state index contributed by atoms with van der Waals surface area (Å²) < 4.78 is 1.83. The number of hydrogen-bond acceptors (Lipinski definition) is 2. The third kappa shape index (κ3) is 1.63. The Morgan fingerprint density at radius 2 is 2.05 bits per heavy atom. The summed E-state index contributed by atoms with van der Waals surface area (Å²) in [7, 11) is 0. The van der Waals surface area contributed by atoms with E-state index in [-0.39, 0.29) is 12.5 Å². The van der Waals surface area contributed by atoms with Gasteiger partial charge in [-0.15, -0.1) is 0 Å². The topological polar surface area (TPSA) is 49.0 Å². The van der Waals surface area contributed by atoms with E-state index in [0.29, 0.717) is 5.69 Å². The number of nitriles is 1. The van der Waals surface area contributed by atoms with Gasteiger partial charge in [0.25, 0.3) is 5.91 Å². The molecule has 4 rings (SSSR count). The molecule has 1 aromatic carbocycles. The van der Waals surface area contributed by atoms with Crippen molar-refractivity contribution in [2.75, 3.05) is 13.1 Å². The highest BCUT2D eigenvalue weighted by atomic mass is 16.2. The summed E-state index contributed by atoms with van der Waals surface area (Å²) in [4.78, 5) is 14.6. The summed E-state index contributed by atoms with van der Waals surface area (Å²) >= 11 is 0. The van der Waals surface area contributed by atoms with E-state index in [1.54, 1.807) is 0 Å². The first-order chi connectivity index (χ1) is 9.78. The van der Waals surface area contributed by atoms with Crippen molar-refractivity contribution in [3.05, 3.63) is 36.0 Å². The molecule has 1 saturated heterocycles. The first kappa shape index (κ1) is 11.5. The molecule has 2 aliphatic rings. The number of carbonyl (C=O) groups excluding carboxylic acids is 1. The predicted octanol–water partition coefficient (Wildman–Crippen LogP) is 2.26. The highest BCUT2D eigenvalue weighted by molar-refractivity contribution is 5.99. The number of benzene rings is 1. The summed E-state index contributed by atoms with van der Waals surface area (Å²) in [6.45, 7) is 1.99. The van der Waals surface area contributed by atoms with Crippen molar-refractivity contribution in [1.82, 2.24) is 9.47 Å². The number of piperidine rings is 1. The Morgan fingerprint density at radius 1 is 1.30 bits per heavy atom. The van der Waals surface area contributed by atoms with Gasteiger partial charge in [0.05, 0.1) is 6.07 Å². The Bertz CT molecular complexity index is 730. The molecule has 20 heavy (non-hydrogen) atoms. The first-order valence-electron chi connectivity index (χ1n) is 7.02. The Labute approximate surface area is 117 Å². The molecule has 1 aliphatic heterocycles. The van der Waals surface area contributed by atoms with Crippen LogP contribution in [0.15, 0.2) is 30.3 Å². The van der Waals surface area contributed by atoms with Crippen molar-refractivity contribution in [3.8, 4) is 6.07 Å². The van der Waals surface area contributed by atoms with Crippen LogP contribution in [0.25, 0.3) is 10.9 Å². The quantitative estimate of drug-likeness (QED) is 0.836. The maximum atomic E-state index is 12.7. The lowest BCUT2D eigenvalue weighted by Crippen LogP contribution is -2.31. The number of aromatic nitrogens is 1. The molecule has 2 aromatic rings. The zero-order valence-electron chi connectivity index (χ0n) is 11.1. The van der Waals surface area contributed by atoms with Crippen LogP contribution in [0.1, 0.15) is 16.9 Å². The Hall–Kier alpha value is -2.28.